The summed E-state index contributed by atoms with van der Waals surface area (Å²) in [6.45, 7) is 3.30. The number of carbonyl (C=O) groups excluding carboxylic acids is 1. The first-order valence-corrected chi connectivity index (χ1v) is 6.05. The number of anilines is 1. The quantitative estimate of drug-likeness (QED) is 0.840. The molecule has 1 heterocycles. The average Bonchev–Trinajstić information content (AvgIpc) is 2.78. The minimum absolute atomic E-state index is 0.214. The van der Waals surface area contributed by atoms with Crippen molar-refractivity contribution < 1.29 is 14.3 Å². The number of carbonyl (C=O) groups is 1. The second kappa shape index (κ2) is 5.37. The van der Waals surface area contributed by atoms with Crippen LogP contribution in [0.4, 0.5) is 5.69 Å². The Hall–Kier alpha value is -1.59. The Bertz CT molecular complexity index is 428. The van der Waals surface area contributed by atoms with Crippen LogP contribution in [0.2, 0.25) is 0 Å². The van der Waals surface area contributed by atoms with E-state index in [0.717, 1.165) is 5.75 Å². The zero-order valence-corrected chi connectivity index (χ0v) is 10.4. The number of amides is 1. The van der Waals surface area contributed by atoms with Gasteiger partial charge in [-0.25, -0.2) is 0 Å². The van der Waals surface area contributed by atoms with Gasteiger partial charge in [-0.1, -0.05) is 6.07 Å². The van der Waals surface area contributed by atoms with E-state index in [1.54, 1.807) is 12.1 Å². The Morgan fingerprint density at radius 3 is 3.11 bits per heavy atom. The van der Waals surface area contributed by atoms with E-state index < -0.39 is 5.54 Å². The SMILES string of the molecule is CCOc1cccc(NC(=O)C2(N)CCOC2)c1. The van der Waals surface area contributed by atoms with Crippen molar-refractivity contribution in [2.45, 2.75) is 18.9 Å². The lowest BCUT2D eigenvalue weighted by atomic mass is 9.99. The molecule has 1 unspecified atom stereocenters. The van der Waals surface area contributed by atoms with Crippen molar-refractivity contribution in [1.82, 2.24) is 0 Å². The number of benzene rings is 1. The van der Waals surface area contributed by atoms with Crippen molar-refractivity contribution in [2.24, 2.45) is 5.73 Å². The normalized spacial score (nSPS) is 22.8. The monoisotopic (exact) mass is 250 g/mol. The number of hydrogen-bond acceptors (Lipinski definition) is 4. The zero-order chi connectivity index (χ0) is 13.0. The lowest BCUT2D eigenvalue weighted by Crippen LogP contribution is -2.51. The highest BCUT2D eigenvalue weighted by atomic mass is 16.5. The molecular weight excluding hydrogens is 232 g/mol. The number of hydrogen-bond donors (Lipinski definition) is 2. The third kappa shape index (κ3) is 2.80. The molecule has 18 heavy (non-hydrogen) atoms. The van der Waals surface area contributed by atoms with E-state index in [-0.39, 0.29) is 12.5 Å². The molecule has 0 aliphatic carbocycles. The van der Waals surface area contributed by atoms with Gasteiger partial charge in [0.1, 0.15) is 11.3 Å². The highest BCUT2D eigenvalue weighted by Crippen LogP contribution is 2.21. The molecule has 1 saturated heterocycles. The largest absolute Gasteiger partial charge is 0.494 e. The van der Waals surface area contributed by atoms with E-state index in [0.29, 0.717) is 25.3 Å². The summed E-state index contributed by atoms with van der Waals surface area (Å²) in [5.41, 5.74) is 5.75. The van der Waals surface area contributed by atoms with Gasteiger partial charge in [-0.2, -0.15) is 0 Å². The third-order valence-electron chi connectivity index (χ3n) is 2.91. The molecule has 1 aromatic carbocycles. The minimum Gasteiger partial charge on any atom is -0.494 e. The first-order chi connectivity index (χ1) is 8.64. The molecule has 0 aromatic heterocycles. The molecule has 98 valence electrons. The molecular formula is C13H18N2O3. The van der Waals surface area contributed by atoms with Crippen molar-refractivity contribution in [3.63, 3.8) is 0 Å². The number of ether oxygens (including phenoxy) is 2. The topological polar surface area (TPSA) is 73.6 Å². The van der Waals surface area contributed by atoms with E-state index in [9.17, 15) is 4.79 Å². The zero-order valence-electron chi connectivity index (χ0n) is 10.4. The predicted molar refractivity (Wildman–Crippen MR) is 68.6 cm³/mol. The predicted octanol–water partition coefficient (Wildman–Crippen LogP) is 1.14. The average molecular weight is 250 g/mol. The lowest BCUT2D eigenvalue weighted by molar-refractivity contribution is -0.121. The number of nitrogens with one attached hydrogen (secondary N) is 1. The molecule has 1 fully saturated rings. The van der Waals surface area contributed by atoms with Crippen LogP contribution in [0.25, 0.3) is 0 Å². The maximum atomic E-state index is 12.0. The fourth-order valence-corrected chi connectivity index (χ4v) is 1.85. The summed E-state index contributed by atoms with van der Waals surface area (Å²) in [5.74, 6) is 0.512. The van der Waals surface area contributed by atoms with Gasteiger partial charge in [0.2, 0.25) is 5.91 Å². The van der Waals surface area contributed by atoms with Gasteiger partial charge in [-0.3, -0.25) is 4.79 Å². The molecule has 1 aliphatic rings. The fourth-order valence-electron chi connectivity index (χ4n) is 1.85. The summed E-state index contributed by atoms with van der Waals surface area (Å²) in [7, 11) is 0. The number of rotatable bonds is 4. The second-order valence-electron chi connectivity index (χ2n) is 4.37. The third-order valence-corrected chi connectivity index (χ3v) is 2.91. The summed E-state index contributed by atoms with van der Waals surface area (Å²) in [5, 5.41) is 2.80. The van der Waals surface area contributed by atoms with Crippen molar-refractivity contribution in [1.29, 1.82) is 0 Å². The Morgan fingerprint density at radius 1 is 1.61 bits per heavy atom. The van der Waals surface area contributed by atoms with Crippen LogP contribution < -0.4 is 15.8 Å². The van der Waals surface area contributed by atoms with Crippen molar-refractivity contribution in [3.8, 4) is 5.75 Å². The Balaban J connectivity index is 2.04. The van der Waals surface area contributed by atoms with Gasteiger partial charge >= 0.3 is 0 Å². The molecule has 0 bridgehead atoms. The maximum absolute atomic E-state index is 12.0. The van der Waals surface area contributed by atoms with E-state index in [1.165, 1.54) is 0 Å². The van der Waals surface area contributed by atoms with Crippen LogP contribution >= 0.6 is 0 Å². The summed E-state index contributed by atoms with van der Waals surface area (Å²) >= 11 is 0. The maximum Gasteiger partial charge on any atom is 0.246 e. The fraction of sp³-hybridized carbons (Fsp3) is 0.462. The van der Waals surface area contributed by atoms with Crippen LogP contribution in [0.1, 0.15) is 13.3 Å². The van der Waals surface area contributed by atoms with E-state index in [1.807, 2.05) is 19.1 Å². The van der Waals surface area contributed by atoms with Gasteiger partial charge in [0.05, 0.1) is 13.2 Å². The molecule has 3 N–H and O–H groups in total. The smallest absolute Gasteiger partial charge is 0.246 e. The standard InChI is InChI=1S/C13H18N2O3/c1-2-18-11-5-3-4-10(8-11)15-12(16)13(14)6-7-17-9-13/h3-5,8H,2,6-7,9,14H2,1H3,(H,15,16). The molecule has 0 saturated carbocycles. The van der Waals surface area contributed by atoms with Crippen LogP contribution in [-0.2, 0) is 9.53 Å². The van der Waals surface area contributed by atoms with Gasteiger partial charge in [-0.05, 0) is 25.5 Å². The van der Waals surface area contributed by atoms with Crippen LogP contribution in [0.5, 0.6) is 5.75 Å². The summed E-state index contributed by atoms with van der Waals surface area (Å²) in [4.78, 5) is 12.0. The van der Waals surface area contributed by atoms with Crippen molar-refractivity contribution in [2.75, 3.05) is 25.1 Å². The molecule has 5 nitrogen and oxygen atoms in total. The molecule has 1 atom stereocenters. The van der Waals surface area contributed by atoms with Gasteiger partial charge in [0, 0.05) is 18.4 Å². The Morgan fingerprint density at radius 2 is 2.44 bits per heavy atom. The lowest BCUT2D eigenvalue weighted by Gasteiger charge is -2.20. The highest BCUT2D eigenvalue weighted by Gasteiger charge is 2.38. The molecule has 5 heteroatoms. The molecule has 1 amide bonds. The van der Waals surface area contributed by atoms with Crippen molar-refractivity contribution in [3.05, 3.63) is 24.3 Å². The molecule has 2 rings (SSSR count). The molecule has 1 aliphatic heterocycles. The van der Waals surface area contributed by atoms with Crippen LogP contribution in [0.3, 0.4) is 0 Å². The summed E-state index contributed by atoms with van der Waals surface area (Å²) in [6, 6.07) is 7.26. The molecule has 0 radical (unpaired) electrons. The van der Waals surface area contributed by atoms with E-state index in [4.69, 9.17) is 15.2 Å². The minimum atomic E-state index is -0.915. The van der Waals surface area contributed by atoms with Crippen molar-refractivity contribution >= 4 is 11.6 Å². The van der Waals surface area contributed by atoms with Crippen LogP contribution in [0, 0.1) is 0 Å². The van der Waals surface area contributed by atoms with Crippen LogP contribution in [-0.4, -0.2) is 31.3 Å². The van der Waals surface area contributed by atoms with Crippen LogP contribution in [0.15, 0.2) is 24.3 Å². The van der Waals surface area contributed by atoms with Gasteiger partial charge in [-0.15, -0.1) is 0 Å². The first-order valence-electron chi connectivity index (χ1n) is 6.05. The summed E-state index contributed by atoms with van der Waals surface area (Å²) in [6.07, 6.45) is 0.546. The molecule has 1 aromatic rings. The van der Waals surface area contributed by atoms with Gasteiger partial charge in [0.15, 0.2) is 0 Å². The van der Waals surface area contributed by atoms with E-state index in [2.05, 4.69) is 5.32 Å². The number of nitrogens with two attached hydrogens (primary N) is 1. The van der Waals surface area contributed by atoms with Gasteiger partial charge < -0.3 is 20.5 Å². The second-order valence-corrected chi connectivity index (χ2v) is 4.37. The Kier molecular flexibility index (Phi) is 3.84. The van der Waals surface area contributed by atoms with E-state index >= 15 is 0 Å². The first kappa shape index (κ1) is 12.9. The van der Waals surface area contributed by atoms with Gasteiger partial charge in [0.25, 0.3) is 0 Å². The summed E-state index contributed by atoms with van der Waals surface area (Å²) < 4.78 is 10.5. The molecule has 0 spiro atoms. The Labute approximate surface area is 106 Å². The highest BCUT2D eigenvalue weighted by molar-refractivity contribution is 5.98.